The zero-order valence-electron chi connectivity index (χ0n) is 7.20. The van der Waals surface area contributed by atoms with Crippen molar-refractivity contribution in [3.8, 4) is 0 Å². The maximum Gasteiger partial charge on any atom is 0.393 e. The molecule has 2 nitrogen and oxygen atoms in total. The number of benzene rings is 1. The SMILES string of the molecule is O=S(=O)(c1ccccc1)C(F)(F)[C@H](F)Cl. The zero-order chi connectivity index (χ0) is 11.7. The van der Waals surface area contributed by atoms with E-state index in [4.69, 9.17) is 0 Å². The normalized spacial score (nSPS) is 14.9. The minimum Gasteiger partial charge on any atom is -0.222 e. The fourth-order valence-corrected chi connectivity index (χ4v) is 2.29. The highest BCUT2D eigenvalue weighted by molar-refractivity contribution is 7.92. The summed E-state index contributed by atoms with van der Waals surface area (Å²) in [5, 5.41) is -4.63. The molecule has 0 spiro atoms. The molecule has 0 radical (unpaired) electrons. The number of rotatable bonds is 3. The van der Waals surface area contributed by atoms with Crippen molar-refractivity contribution in [2.45, 2.75) is 15.8 Å². The molecule has 0 unspecified atom stereocenters. The Balaban J connectivity index is 3.27. The molecule has 0 heterocycles. The molecule has 0 bridgehead atoms. The van der Waals surface area contributed by atoms with Gasteiger partial charge in [-0.1, -0.05) is 29.8 Å². The van der Waals surface area contributed by atoms with E-state index in [1.165, 1.54) is 18.2 Å². The maximum atomic E-state index is 12.9. The molecule has 0 aliphatic rings. The van der Waals surface area contributed by atoms with Crippen LogP contribution in [0.25, 0.3) is 0 Å². The van der Waals surface area contributed by atoms with E-state index in [0.717, 1.165) is 12.1 Å². The quantitative estimate of drug-likeness (QED) is 0.781. The molecular formula is C8H6ClF3O2S. The van der Waals surface area contributed by atoms with Gasteiger partial charge in [0.25, 0.3) is 5.63 Å². The smallest absolute Gasteiger partial charge is 0.222 e. The average Bonchev–Trinajstić information content (AvgIpc) is 2.18. The van der Waals surface area contributed by atoms with Crippen molar-refractivity contribution in [1.82, 2.24) is 0 Å². The van der Waals surface area contributed by atoms with E-state index in [1.807, 2.05) is 0 Å². The Morgan fingerprint density at radius 3 is 2.07 bits per heavy atom. The summed E-state index contributed by atoms with van der Waals surface area (Å²) in [6, 6.07) is 5.85. The first kappa shape index (κ1) is 12.3. The monoisotopic (exact) mass is 258 g/mol. The molecule has 0 aliphatic carbocycles. The van der Waals surface area contributed by atoms with Gasteiger partial charge < -0.3 is 0 Å². The predicted molar refractivity (Wildman–Crippen MR) is 49.3 cm³/mol. The second-order valence-corrected chi connectivity index (χ2v) is 5.08. The van der Waals surface area contributed by atoms with E-state index < -0.39 is 25.6 Å². The Kier molecular flexibility index (Phi) is 3.30. The molecular weight excluding hydrogens is 253 g/mol. The molecule has 1 atom stereocenters. The van der Waals surface area contributed by atoms with Crippen molar-refractivity contribution in [1.29, 1.82) is 0 Å². The first-order valence-corrected chi connectivity index (χ1v) is 5.67. The van der Waals surface area contributed by atoms with Crippen LogP contribution in [0.4, 0.5) is 13.2 Å². The van der Waals surface area contributed by atoms with Crippen LogP contribution in [-0.2, 0) is 9.84 Å². The van der Waals surface area contributed by atoms with Crippen LogP contribution in [-0.4, -0.2) is 19.3 Å². The Morgan fingerprint density at radius 2 is 1.67 bits per heavy atom. The van der Waals surface area contributed by atoms with Crippen LogP contribution in [0, 0.1) is 0 Å². The van der Waals surface area contributed by atoms with Gasteiger partial charge in [0.15, 0.2) is 0 Å². The molecule has 15 heavy (non-hydrogen) atoms. The van der Waals surface area contributed by atoms with Gasteiger partial charge in [-0.15, -0.1) is 0 Å². The molecule has 0 aliphatic heterocycles. The Hall–Kier alpha value is -0.750. The summed E-state index contributed by atoms with van der Waals surface area (Å²) in [6.07, 6.45) is 0. The van der Waals surface area contributed by atoms with Crippen LogP contribution >= 0.6 is 11.6 Å². The third-order valence-corrected chi connectivity index (χ3v) is 3.89. The van der Waals surface area contributed by atoms with Gasteiger partial charge in [0, 0.05) is 0 Å². The van der Waals surface area contributed by atoms with Crippen LogP contribution in [0.15, 0.2) is 35.2 Å². The van der Waals surface area contributed by atoms with E-state index >= 15 is 0 Å². The fourth-order valence-electron chi connectivity index (χ4n) is 0.874. The summed E-state index contributed by atoms with van der Waals surface area (Å²) < 4.78 is 60.6. The summed E-state index contributed by atoms with van der Waals surface area (Å²) in [5.74, 6) is 0. The summed E-state index contributed by atoms with van der Waals surface area (Å²) >= 11 is 4.51. The van der Waals surface area contributed by atoms with E-state index in [-0.39, 0.29) is 0 Å². The number of hydrogen-bond acceptors (Lipinski definition) is 2. The van der Waals surface area contributed by atoms with Crippen molar-refractivity contribution < 1.29 is 21.6 Å². The number of hydrogen-bond donors (Lipinski definition) is 0. The average molecular weight is 259 g/mol. The summed E-state index contributed by atoms with van der Waals surface area (Å²) in [4.78, 5) is -0.668. The molecule has 0 amide bonds. The van der Waals surface area contributed by atoms with Crippen molar-refractivity contribution in [2.24, 2.45) is 0 Å². The van der Waals surface area contributed by atoms with Crippen LogP contribution in [0.5, 0.6) is 0 Å². The number of alkyl halides is 4. The van der Waals surface area contributed by atoms with Gasteiger partial charge in [0.05, 0.1) is 4.90 Å². The molecule has 84 valence electrons. The van der Waals surface area contributed by atoms with E-state index in [2.05, 4.69) is 11.6 Å². The molecule has 1 aromatic rings. The highest BCUT2D eigenvalue weighted by Gasteiger charge is 2.53. The second kappa shape index (κ2) is 4.02. The van der Waals surface area contributed by atoms with Gasteiger partial charge in [-0.2, -0.15) is 8.78 Å². The third kappa shape index (κ3) is 2.10. The van der Waals surface area contributed by atoms with Gasteiger partial charge in [0.1, 0.15) is 0 Å². The maximum absolute atomic E-state index is 12.9. The lowest BCUT2D eigenvalue weighted by molar-refractivity contribution is 0.0423. The number of halogens is 4. The van der Waals surface area contributed by atoms with Crippen molar-refractivity contribution in [3.63, 3.8) is 0 Å². The zero-order valence-corrected chi connectivity index (χ0v) is 8.77. The fraction of sp³-hybridized carbons (Fsp3) is 0.250. The second-order valence-electron chi connectivity index (χ2n) is 2.68. The lowest BCUT2D eigenvalue weighted by Crippen LogP contribution is -2.35. The largest absolute Gasteiger partial charge is 0.393 e. The van der Waals surface area contributed by atoms with Crippen LogP contribution in [0.1, 0.15) is 0 Å². The lowest BCUT2D eigenvalue weighted by atomic mass is 10.4. The minimum atomic E-state index is -5.08. The van der Waals surface area contributed by atoms with Crippen LogP contribution in [0.3, 0.4) is 0 Å². The van der Waals surface area contributed by atoms with E-state index in [1.54, 1.807) is 0 Å². The topological polar surface area (TPSA) is 34.1 Å². The van der Waals surface area contributed by atoms with Gasteiger partial charge in [-0.25, -0.2) is 12.8 Å². The van der Waals surface area contributed by atoms with Gasteiger partial charge in [-0.05, 0) is 12.1 Å². The Morgan fingerprint density at radius 1 is 1.20 bits per heavy atom. The summed E-state index contributed by atoms with van der Waals surface area (Å²) in [6.45, 7) is 0. The first-order valence-electron chi connectivity index (χ1n) is 3.76. The van der Waals surface area contributed by atoms with Gasteiger partial charge in [0.2, 0.25) is 9.84 Å². The van der Waals surface area contributed by atoms with E-state index in [0.29, 0.717) is 0 Å². The van der Waals surface area contributed by atoms with Crippen molar-refractivity contribution >= 4 is 21.4 Å². The standard InChI is InChI=1S/C8H6ClF3O2S/c9-7(10)8(11,12)15(13,14)6-4-2-1-3-5-6/h1-5,7H/t7-/m0/s1. The first-order chi connectivity index (χ1) is 6.80. The molecule has 0 saturated carbocycles. The van der Waals surface area contributed by atoms with Crippen LogP contribution in [0.2, 0.25) is 0 Å². The summed E-state index contributed by atoms with van der Waals surface area (Å²) in [7, 11) is -5.08. The molecule has 0 aromatic heterocycles. The Labute approximate surface area is 89.6 Å². The molecule has 1 rings (SSSR count). The highest BCUT2D eigenvalue weighted by Crippen LogP contribution is 2.35. The molecule has 0 fully saturated rings. The predicted octanol–water partition coefficient (Wildman–Crippen LogP) is 2.59. The highest BCUT2D eigenvalue weighted by atomic mass is 35.5. The van der Waals surface area contributed by atoms with E-state index in [9.17, 15) is 21.6 Å². The van der Waals surface area contributed by atoms with Gasteiger partial charge in [-0.3, -0.25) is 0 Å². The summed E-state index contributed by atoms with van der Waals surface area (Å²) in [5.41, 5.74) is -3.28. The molecule has 1 aromatic carbocycles. The van der Waals surface area contributed by atoms with Gasteiger partial charge >= 0.3 is 5.25 Å². The number of sulfone groups is 1. The minimum absolute atomic E-state index is 0.668. The third-order valence-electron chi connectivity index (χ3n) is 1.67. The lowest BCUT2D eigenvalue weighted by Gasteiger charge is -2.16. The van der Waals surface area contributed by atoms with Crippen molar-refractivity contribution in [3.05, 3.63) is 30.3 Å². The Bertz CT molecular complexity index is 430. The molecule has 0 saturated heterocycles. The van der Waals surface area contributed by atoms with Crippen molar-refractivity contribution in [2.75, 3.05) is 0 Å². The molecule has 0 N–H and O–H groups in total. The van der Waals surface area contributed by atoms with Crippen LogP contribution < -0.4 is 0 Å². The molecule has 7 heteroatoms.